The average Bonchev–Trinajstić information content (AvgIpc) is 2.27. The van der Waals surface area contributed by atoms with Crippen LogP contribution in [0.25, 0.3) is 10.8 Å². The Kier molecular flexibility index (Phi) is 1.57. The van der Waals surface area contributed by atoms with Crippen LogP contribution in [0.4, 0.5) is 0 Å². The molecule has 1 aliphatic carbocycles. The van der Waals surface area contributed by atoms with E-state index < -0.39 is 0 Å². The van der Waals surface area contributed by atoms with Crippen LogP contribution in [0.1, 0.15) is 25.3 Å². The molecule has 0 radical (unpaired) electrons. The number of rotatable bonds is 0. The quantitative estimate of drug-likeness (QED) is 0.584. The third kappa shape index (κ3) is 1.22. The normalized spacial score (nSPS) is 21.7. The molecular formula is C14H14. The molecule has 0 aromatic heterocycles. The highest BCUT2D eigenvalue weighted by atomic mass is 14.1. The number of fused-ring (bicyclic) bond motifs is 2. The van der Waals surface area contributed by atoms with Crippen LogP contribution < -0.4 is 0 Å². The summed E-state index contributed by atoms with van der Waals surface area (Å²) in [6.07, 6.45) is 3.33. The van der Waals surface area contributed by atoms with E-state index in [9.17, 15) is 0 Å². The van der Waals surface area contributed by atoms with Crippen LogP contribution in [0.5, 0.6) is 0 Å². The SMILES string of the molecule is [2H]C1CCCc2cc3ccccc3cc21. The molecule has 0 amide bonds. The fraction of sp³-hybridized carbons (Fsp3) is 0.286. The fourth-order valence-electron chi connectivity index (χ4n) is 2.26. The van der Waals surface area contributed by atoms with Crippen molar-refractivity contribution in [1.82, 2.24) is 0 Å². The van der Waals surface area contributed by atoms with Crippen molar-refractivity contribution in [3.05, 3.63) is 47.5 Å². The van der Waals surface area contributed by atoms with E-state index in [0.717, 1.165) is 12.8 Å². The molecule has 2 aromatic rings. The van der Waals surface area contributed by atoms with Crippen molar-refractivity contribution in [3.63, 3.8) is 0 Å². The molecule has 0 heterocycles. The number of hydrogen-bond donors (Lipinski definition) is 0. The van der Waals surface area contributed by atoms with Gasteiger partial charge in [0, 0.05) is 1.37 Å². The van der Waals surface area contributed by atoms with E-state index in [0.29, 0.717) is 0 Å². The van der Waals surface area contributed by atoms with Gasteiger partial charge >= 0.3 is 0 Å². The van der Waals surface area contributed by atoms with Gasteiger partial charge in [0.05, 0.1) is 0 Å². The standard InChI is InChI=1S/C14H14/c1-2-6-12-10-14-8-4-3-7-13(14)9-11(12)5-1/h1-2,5-6,9-10H,3-4,7-8H2/i7D. The molecule has 1 unspecified atom stereocenters. The molecule has 0 bridgehead atoms. The maximum atomic E-state index is 8.03. The van der Waals surface area contributed by atoms with Gasteiger partial charge in [0.1, 0.15) is 0 Å². The number of benzene rings is 2. The van der Waals surface area contributed by atoms with Crippen molar-refractivity contribution >= 4 is 10.8 Å². The Morgan fingerprint density at radius 3 is 2.43 bits per heavy atom. The summed E-state index contributed by atoms with van der Waals surface area (Å²) in [6.45, 7) is 0. The second-order valence-corrected chi connectivity index (χ2v) is 3.99. The van der Waals surface area contributed by atoms with Crippen molar-refractivity contribution in [3.8, 4) is 0 Å². The van der Waals surface area contributed by atoms with Crippen LogP contribution >= 0.6 is 0 Å². The summed E-state index contributed by atoms with van der Waals surface area (Å²) >= 11 is 0. The van der Waals surface area contributed by atoms with E-state index in [1.807, 2.05) is 0 Å². The lowest BCUT2D eigenvalue weighted by Crippen LogP contribution is -2.01. The predicted octanol–water partition coefficient (Wildman–Crippen LogP) is 3.72. The van der Waals surface area contributed by atoms with Crippen LogP contribution in [0, 0.1) is 0 Å². The van der Waals surface area contributed by atoms with Crippen molar-refractivity contribution in [1.29, 1.82) is 0 Å². The molecule has 0 heteroatoms. The van der Waals surface area contributed by atoms with Gasteiger partial charge in [-0.05, 0) is 47.6 Å². The van der Waals surface area contributed by atoms with E-state index in [-0.39, 0.29) is 6.40 Å². The van der Waals surface area contributed by atoms with Gasteiger partial charge in [0.15, 0.2) is 0 Å². The Morgan fingerprint density at radius 1 is 0.929 bits per heavy atom. The molecule has 14 heavy (non-hydrogen) atoms. The smallest absolute Gasteiger partial charge is 0.0316 e. The highest BCUT2D eigenvalue weighted by Gasteiger charge is 2.09. The lowest BCUT2D eigenvalue weighted by molar-refractivity contribution is 0.687. The maximum Gasteiger partial charge on any atom is 0.0316 e. The van der Waals surface area contributed by atoms with Gasteiger partial charge in [0.2, 0.25) is 0 Å². The minimum Gasteiger partial charge on any atom is -0.0616 e. The Bertz CT molecular complexity index is 502. The third-order valence-electron chi connectivity index (χ3n) is 3.02. The highest BCUT2D eigenvalue weighted by molar-refractivity contribution is 5.84. The Hall–Kier alpha value is -1.30. The molecule has 0 nitrogen and oxygen atoms in total. The van der Waals surface area contributed by atoms with Crippen molar-refractivity contribution in [2.45, 2.75) is 25.7 Å². The van der Waals surface area contributed by atoms with Crippen LogP contribution in [0.2, 0.25) is 0 Å². The first kappa shape index (κ1) is 7.05. The van der Waals surface area contributed by atoms with E-state index in [1.165, 1.54) is 28.3 Å². The zero-order valence-electron chi connectivity index (χ0n) is 9.16. The summed E-state index contributed by atoms with van der Waals surface area (Å²) in [4.78, 5) is 0. The second kappa shape index (κ2) is 3.13. The molecular weight excluding hydrogens is 168 g/mol. The summed E-state index contributed by atoms with van der Waals surface area (Å²) in [6, 6.07) is 12.9. The lowest BCUT2D eigenvalue weighted by atomic mass is 9.89. The lowest BCUT2D eigenvalue weighted by Gasteiger charge is -2.16. The average molecular weight is 183 g/mol. The van der Waals surface area contributed by atoms with Crippen molar-refractivity contribution < 1.29 is 1.37 Å². The van der Waals surface area contributed by atoms with Gasteiger partial charge in [-0.2, -0.15) is 0 Å². The van der Waals surface area contributed by atoms with Crippen molar-refractivity contribution in [2.75, 3.05) is 0 Å². The molecule has 1 aliphatic rings. The largest absolute Gasteiger partial charge is 0.0616 e. The second-order valence-electron chi connectivity index (χ2n) is 3.99. The molecule has 70 valence electrons. The molecule has 0 fully saturated rings. The summed E-state index contributed by atoms with van der Waals surface area (Å²) < 4.78 is 8.03. The van der Waals surface area contributed by atoms with E-state index in [4.69, 9.17) is 1.37 Å². The molecule has 0 saturated carbocycles. The first-order valence-corrected chi connectivity index (χ1v) is 5.28. The zero-order chi connectivity index (χ0) is 10.3. The topological polar surface area (TPSA) is 0 Å². The summed E-state index contributed by atoms with van der Waals surface area (Å²) in [5.74, 6) is 0. The van der Waals surface area contributed by atoms with Crippen LogP contribution in [0.15, 0.2) is 36.4 Å². The Labute approximate surface area is 86.0 Å². The number of hydrogen-bond acceptors (Lipinski definition) is 0. The molecule has 2 aromatic carbocycles. The first-order chi connectivity index (χ1) is 7.34. The zero-order valence-corrected chi connectivity index (χ0v) is 8.16. The molecule has 0 N–H and O–H groups in total. The fourth-order valence-corrected chi connectivity index (χ4v) is 2.26. The Morgan fingerprint density at radius 2 is 1.64 bits per heavy atom. The van der Waals surface area contributed by atoms with E-state index >= 15 is 0 Å². The molecule has 3 rings (SSSR count). The van der Waals surface area contributed by atoms with Crippen LogP contribution in [-0.2, 0) is 12.8 Å². The number of aryl methyl sites for hydroxylation is 2. The molecule has 0 spiro atoms. The molecule has 0 saturated heterocycles. The summed E-state index contributed by atoms with van der Waals surface area (Å²) in [5.41, 5.74) is 2.64. The predicted molar refractivity (Wildman–Crippen MR) is 60.6 cm³/mol. The highest BCUT2D eigenvalue weighted by Crippen LogP contribution is 2.26. The van der Waals surface area contributed by atoms with Gasteiger partial charge in [0.25, 0.3) is 0 Å². The van der Waals surface area contributed by atoms with Gasteiger partial charge in [-0.1, -0.05) is 36.4 Å². The van der Waals surface area contributed by atoms with E-state index in [1.54, 1.807) is 0 Å². The first-order valence-electron chi connectivity index (χ1n) is 5.86. The minimum atomic E-state index is -0.00152. The van der Waals surface area contributed by atoms with Crippen LogP contribution in [-0.4, -0.2) is 0 Å². The Balaban J connectivity index is 2.27. The minimum absolute atomic E-state index is 0.00152. The van der Waals surface area contributed by atoms with Crippen LogP contribution in [0.3, 0.4) is 0 Å². The third-order valence-corrected chi connectivity index (χ3v) is 3.02. The monoisotopic (exact) mass is 183 g/mol. The maximum absolute atomic E-state index is 8.03. The summed E-state index contributed by atoms with van der Waals surface area (Å²) in [5, 5.41) is 2.58. The van der Waals surface area contributed by atoms with Gasteiger partial charge in [-0.15, -0.1) is 0 Å². The van der Waals surface area contributed by atoms with Gasteiger partial charge in [-0.3, -0.25) is 0 Å². The van der Waals surface area contributed by atoms with Crippen molar-refractivity contribution in [2.24, 2.45) is 0 Å². The van der Waals surface area contributed by atoms with E-state index in [2.05, 4.69) is 36.4 Å². The summed E-state index contributed by atoms with van der Waals surface area (Å²) in [7, 11) is 0. The molecule has 1 atom stereocenters. The molecule has 0 aliphatic heterocycles. The van der Waals surface area contributed by atoms with Gasteiger partial charge < -0.3 is 0 Å². The van der Waals surface area contributed by atoms with Gasteiger partial charge in [-0.25, -0.2) is 0 Å².